The van der Waals surface area contributed by atoms with E-state index in [2.05, 4.69) is 0 Å². The fourth-order valence-corrected chi connectivity index (χ4v) is 4.09. The summed E-state index contributed by atoms with van der Waals surface area (Å²) in [5.74, 6) is 0.0117. The molecule has 0 radical (unpaired) electrons. The van der Waals surface area contributed by atoms with E-state index >= 15 is 0 Å². The number of nitrogens with zero attached hydrogens (tertiary/aromatic N) is 3. The number of para-hydroxylation sites is 1. The zero-order valence-corrected chi connectivity index (χ0v) is 17.1. The van der Waals surface area contributed by atoms with E-state index in [1.54, 1.807) is 11.8 Å². The minimum Gasteiger partial charge on any atom is -0.340 e. The summed E-state index contributed by atoms with van der Waals surface area (Å²) in [5, 5.41) is 0. The Morgan fingerprint density at radius 2 is 1.81 bits per heavy atom. The molecule has 0 saturated heterocycles. The van der Waals surface area contributed by atoms with E-state index in [4.69, 9.17) is 8.22 Å². The van der Waals surface area contributed by atoms with E-state index in [1.165, 1.54) is 0 Å². The lowest BCUT2D eigenvalue weighted by Gasteiger charge is -2.33. The van der Waals surface area contributed by atoms with Crippen LogP contribution in [0.2, 0.25) is 0 Å². The van der Waals surface area contributed by atoms with E-state index < -0.39 is 14.0 Å². The number of anilines is 2. The standard InChI is InChI=1S/C21H27N3OS.ClH/c1-22(2)12-7-13-24-17-8-5-6-9-20(17)26-21-11-10-16(14-18(21)24)19(25)15-23(3)4;/h5-6,8-11,14H,7,12-13,15H2,1-4H3;1H/i1D3,2D3;. The van der Waals surface area contributed by atoms with Gasteiger partial charge in [0.25, 0.3) is 0 Å². The van der Waals surface area contributed by atoms with Crippen molar-refractivity contribution in [2.24, 2.45) is 0 Å². The van der Waals surface area contributed by atoms with Crippen LogP contribution in [0.4, 0.5) is 11.4 Å². The summed E-state index contributed by atoms with van der Waals surface area (Å²) >= 11 is 1.62. The Morgan fingerprint density at radius 1 is 1.07 bits per heavy atom. The van der Waals surface area contributed by atoms with Crippen LogP contribution in [-0.2, 0) is 0 Å². The molecule has 0 unspecified atom stereocenters. The third kappa shape index (κ3) is 5.26. The lowest BCUT2D eigenvalue weighted by Crippen LogP contribution is -2.26. The molecule has 0 N–H and O–H groups in total. The molecule has 27 heavy (non-hydrogen) atoms. The molecular weight excluding hydrogens is 378 g/mol. The molecule has 0 amide bonds. The zero-order chi connectivity index (χ0) is 23.7. The fraction of sp³-hybridized carbons (Fsp3) is 0.381. The van der Waals surface area contributed by atoms with Gasteiger partial charge in [-0.25, -0.2) is 0 Å². The van der Waals surface area contributed by atoms with Gasteiger partial charge in [0, 0.05) is 30.1 Å². The Labute approximate surface area is 181 Å². The van der Waals surface area contributed by atoms with Crippen LogP contribution < -0.4 is 4.90 Å². The third-order valence-electron chi connectivity index (χ3n) is 4.17. The number of hydrogen-bond acceptors (Lipinski definition) is 5. The van der Waals surface area contributed by atoms with E-state index in [9.17, 15) is 4.79 Å². The average Bonchev–Trinajstić information content (AvgIpc) is 2.67. The topological polar surface area (TPSA) is 26.8 Å². The van der Waals surface area contributed by atoms with Gasteiger partial charge < -0.3 is 14.7 Å². The van der Waals surface area contributed by atoms with Gasteiger partial charge in [0.2, 0.25) is 0 Å². The van der Waals surface area contributed by atoms with Gasteiger partial charge in [-0.2, -0.15) is 0 Å². The summed E-state index contributed by atoms with van der Waals surface area (Å²) in [4.78, 5) is 19.1. The summed E-state index contributed by atoms with van der Waals surface area (Å²) in [5.41, 5.74) is 2.43. The molecule has 2 aromatic rings. The Bertz CT molecular complexity index is 969. The molecule has 0 aliphatic carbocycles. The monoisotopic (exact) mass is 411 g/mol. The van der Waals surface area contributed by atoms with Crippen LogP contribution >= 0.6 is 24.2 Å². The first-order valence-electron chi connectivity index (χ1n) is 11.5. The zero-order valence-electron chi connectivity index (χ0n) is 21.4. The van der Waals surface area contributed by atoms with Crippen LogP contribution in [0.5, 0.6) is 0 Å². The van der Waals surface area contributed by atoms with Crippen molar-refractivity contribution in [3.63, 3.8) is 0 Å². The van der Waals surface area contributed by atoms with E-state index in [-0.39, 0.29) is 24.7 Å². The van der Waals surface area contributed by atoms with Gasteiger partial charge in [0.15, 0.2) is 5.78 Å². The Hall–Kier alpha value is -1.53. The van der Waals surface area contributed by atoms with Crippen molar-refractivity contribution in [1.29, 1.82) is 0 Å². The van der Waals surface area contributed by atoms with Gasteiger partial charge in [-0.15, -0.1) is 12.4 Å². The number of fused-ring (bicyclic) bond motifs is 2. The molecule has 1 heterocycles. The van der Waals surface area contributed by atoms with Gasteiger partial charge in [0.05, 0.1) is 17.9 Å². The minimum absolute atomic E-state index is 0. The highest BCUT2D eigenvalue weighted by molar-refractivity contribution is 7.99. The highest BCUT2D eigenvalue weighted by Gasteiger charge is 2.24. The summed E-state index contributed by atoms with van der Waals surface area (Å²) in [6.45, 7) is -4.80. The van der Waals surface area contributed by atoms with Gasteiger partial charge >= 0.3 is 0 Å². The summed E-state index contributed by atoms with van der Waals surface area (Å²) < 4.78 is 45.4. The molecule has 0 bridgehead atoms. The van der Waals surface area contributed by atoms with Gasteiger partial charge in [-0.3, -0.25) is 4.79 Å². The van der Waals surface area contributed by atoms with E-state index in [1.807, 2.05) is 66.4 Å². The van der Waals surface area contributed by atoms with Crippen molar-refractivity contribution < 1.29 is 13.0 Å². The van der Waals surface area contributed by atoms with Crippen molar-refractivity contribution in [3.8, 4) is 0 Å². The summed E-state index contributed by atoms with van der Waals surface area (Å²) in [6.07, 6.45) is 0.324. The fourth-order valence-electron chi connectivity index (χ4n) is 3.01. The summed E-state index contributed by atoms with van der Waals surface area (Å²) in [6, 6.07) is 13.5. The number of hydrogen-bond donors (Lipinski definition) is 0. The summed E-state index contributed by atoms with van der Waals surface area (Å²) in [7, 11) is 3.69. The van der Waals surface area contributed by atoms with Crippen molar-refractivity contribution in [2.75, 3.05) is 52.6 Å². The second kappa shape index (κ2) is 9.60. The number of Topliss-reactive ketones (excluding diaryl/α,β-unsaturated/α-hetero) is 1. The van der Waals surface area contributed by atoms with Crippen molar-refractivity contribution >= 4 is 41.3 Å². The predicted octanol–water partition coefficient (Wildman–Crippen LogP) is 4.41. The molecule has 2 aromatic carbocycles. The largest absolute Gasteiger partial charge is 0.340 e. The van der Waals surface area contributed by atoms with Crippen LogP contribution in [0.25, 0.3) is 0 Å². The Balaban J connectivity index is 0.00000385. The van der Waals surface area contributed by atoms with Gasteiger partial charge in [0.1, 0.15) is 0 Å². The Morgan fingerprint density at radius 3 is 2.56 bits per heavy atom. The number of carbonyl (C=O) groups excluding carboxylic acids is 1. The average molecular weight is 412 g/mol. The molecule has 0 saturated carbocycles. The smallest absolute Gasteiger partial charge is 0.176 e. The molecule has 1 aliphatic heterocycles. The minimum atomic E-state index is -2.70. The molecule has 0 aromatic heterocycles. The second-order valence-electron chi connectivity index (χ2n) is 6.57. The molecule has 0 fully saturated rings. The van der Waals surface area contributed by atoms with Crippen LogP contribution in [-0.4, -0.2) is 63.3 Å². The van der Waals surface area contributed by atoms with Gasteiger partial charge in [-0.05, 0) is 65.3 Å². The quantitative estimate of drug-likeness (QED) is 0.629. The van der Waals surface area contributed by atoms with Crippen LogP contribution in [0.1, 0.15) is 25.0 Å². The molecular formula is C21H28ClN3OS. The Kier molecular flexibility index (Phi) is 5.14. The molecule has 6 heteroatoms. The first-order chi connectivity index (χ1) is 14.9. The lowest BCUT2D eigenvalue weighted by atomic mass is 10.1. The van der Waals surface area contributed by atoms with Crippen LogP contribution in [0.3, 0.4) is 0 Å². The second-order valence-corrected chi connectivity index (χ2v) is 7.65. The highest BCUT2D eigenvalue weighted by Crippen LogP contribution is 2.48. The first-order valence-corrected chi connectivity index (χ1v) is 9.34. The highest BCUT2D eigenvalue weighted by atomic mass is 35.5. The number of benzene rings is 2. The van der Waals surface area contributed by atoms with E-state index in [0.29, 0.717) is 30.0 Å². The molecule has 146 valence electrons. The number of likely N-dealkylation sites (N-methyl/N-ethyl adjacent to an activating group) is 1. The van der Waals surface area contributed by atoms with Crippen LogP contribution in [0, 0.1) is 0 Å². The molecule has 0 spiro atoms. The first kappa shape index (κ1) is 14.5. The maximum Gasteiger partial charge on any atom is 0.176 e. The lowest BCUT2D eigenvalue weighted by molar-refractivity contribution is 0.0958. The predicted molar refractivity (Wildman–Crippen MR) is 117 cm³/mol. The van der Waals surface area contributed by atoms with Gasteiger partial charge in [-0.1, -0.05) is 30.0 Å². The van der Waals surface area contributed by atoms with Crippen molar-refractivity contribution in [1.82, 2.24) is 9.80 Å². The molecule has 4 nitrogen and oxygen atoms in total. The number of rotatable bonds is 7. The van der Waals surface area contributed by atoms with Crippen molar-refractivity contribution in [3.05, 3.63) is 48.0 Å². The SMILES string of the molecule is Cl.[2H]C([2H])([2H])N(CCCN1c2ccccc2Sc2ccc(C(=O)CN(C)C)cc21)C([2H])([2H])[2H]. The normalized spacial score (nSPS) is 16.8. The number of halogens is 1. The maximum absolute atomic E-state index is 12.6. The molecule has 1 aliphatic rings. The third-order valence-corrected chi connectivity index (χ3v) is 5.30. The molecule has 3 rings (SSSR count). The van der Waals surface area contributed by atoms with Crippen molar-refractivity contribution in [2.45, 2.75) is 16.2 Å². The molecule has 0 atom stereocenters. The van der Waals surface area contributed by atoms with E-state index in [0.717, 1.165) is 21.2 Å². The van der Waals surface area contributed by atoms with Crippen LogP contribution in [0.15, 0.2) is 52.3 Å². The number of ketones is 1. The maximum atomic E-state index is 12.6. The number of carbonyl (C=O) groups is 1.